The van der Waals surface area contributed by atoms with Gasteiger partial charge >= 0.3 is 0 Å². The summed E-state index contributed by atoms with van der Waals surface area (Å²) in [7, 11) is -3.62. The summed E-state index contributed by atoms with van der Waals surface area (Å²) in [6, 6.07) is 6.30. The molecule has 30 heavy (non-hydrogen) atoms. The molecule has 0 unspecified atom stereocenters. The molecule has 0 spiro atoms. The van der Waals surface area contributed by atoms with E-state index in [1.807, 2.05) is 0 Å². The Kier molecular flexibility index (Phi) is 7.43. The average Bonchev–Trinajstić information content (AvgIpc) is 2.67. The van der Waals surface area contributed by atoms with Gasteiger partial charge in [0, 0.05) is 0 Å². The van der Waals surface area contributed by atoms with Crippen LogP contribution in [0.3, 0.4) is 0 Å². The first-order chi connectivity index (χ1) is 13.8. The molecule has 0 amide bonds. The zero-order valence-corrected chi connectivity index (χ0v) is 17.1. The molecule has 0 N–H and O–H groups in total. The Labute approximate surface area is 170 Å². The van der Waals surface area contributed by atoms with Crippen molar-refractivity contribution >= 4 is 10.1 Å². The lowest BCUT2D eigenvalue weighted by molar-refractivity contribution is -0.0590. The summed E-state index contributed by atoms with van der Waals surface area (Å²) >= 11 is 0. The molecule has 0 saturated heterocycles. The molecule has 0 atom stereocenters. The molecule has 5 nitrogen and oxygen atoms in total. The molecular weight excluding hydrogens is 435 g/mol. The van der Waals surface area contributed by atoms with Gasteiger partial charge in [0.15, 0.2) is 23.3 Å². The molecule has 0 aliphatic heterocycles. The number of halogens is 5. The van der Waals surface area contributed by atoms with Crippen molar-refractivity contribution in [2.75, 3.05) is 12.9 Å². The largest absolute Gasteiger partial charge is 0.491 e. The Balaban J connectivity index is 2.02. The minimum absolute atomic E-state index is 0.140. The van der Waals surface area contributed by atoms with Gasteiger partial charge in [0.05, 0.1) is 30.6 Å². The quantitative estimate of drug-likeness (QED) is 0.246. The molecule has 0 heterocycles. The molecule has 11 heteroatoms. The average molecular weight is 454 g/mol. The van der Waals surface area contributed by atoms with Gasteiger partial charge in [-0.3, -0.25) is 4.18 Å². The van der Waals surface area contributed by atoms with Crippen LogP contribution in [0.1, 0.15) is 25.0 Å². The summed E-state index contributed by atoms with van der Waals surface area (Å²) in [6.07, 6.45) is 0.914. The zero-order chi connectivity index (χ0) is 22.7. The standard InChI is InChI=1S/C19H19F5O5S/c1-19(2,28-9-13-14(20)16(22)18(24)17(23)15(13)21)10-27-12-6-4-5-11(7-12)8-29-30(3,25)26/h4-7H,8-10H2,1-3H3. The molecule has 0 aromatic heterocycles. The summed E-state index contributed by atoms with van der Waals surface area (Å²) < 4.78 is 105. The Morgan fingerprint density at radius 3 is 2.03 bits per heavy atom. The van der Waals surface area contributed by atoms with E-state index in [2.05, 4.69) is 4.18 Å². The SMILES string of the molecule is CC(C)(COc1cccc(COS(C)(=O)=O)c1)OCc1c(F)c(F)c(F)c(F)c1F. The molecule has 0 aliphatic carbocycles. The van der Waals surface area contributed by atoms with E-state index >= 15 is 0 Å². The second-order valence-electron chi connectivity index (χ2n) is 7.00. The number of rotatable bonds is 9. The third-order valence-electron chi connectivity index (χ3n) is 3.83. The summed E-state index contributed by atoms with van der Waals surface area (Å²) in [5, 5.41) is 0. The first-order valence-electron chi connectivity index (χ1n) is 8.51. The van der Waals surface area contributed by atoms with Crippen LogP contribution in [-0.2, 0) is 32.3 Å². The zero-order valence-electron chi connectivity index (χ0n) is 16.3. The van der Waals surface area contributed by atoms with Crippen molar-refractivity contribution in [2.45, 2.75) is 32.7 Å². The van der Waals surface area contributed by atoms with Gasteiger partial charge in [-0.2, -0.15) is 8.42 Å². The van der Waals surface area contributed by atoms with E-state index in [4.69, 9.17) is 9.47 Å². The van der Waals surface area contributed by atoms with E-state index in [9.17, 15) is 30.4 Å². The summed E-state index contributed by atoms with van der Waals surface area (Å²) in [5.41, 5.74) is -1.74. The van der Waals surface area contributed by atoms with Gasteiger partial charge in [0.25, 0.3) is 10.1 Å². The highest BCUT2D eigenvalue weighted by Crippen LogP contribution is 2.25. The van der Waals surface area contributed by atoms with Crippen molar-refractivity contribution in [3.63, 3.8) is 0 Å². The lowest BCUT2D eigenvalue weighted by atomic mass is 10.1. The minimum Gasteiger partial charge on any atom is -0.491 e. The van der Waals surface area contributed by atoms with Crippen LogP contribution < -0.4 is 4.74 Å². The third-order valence-corrected chi connectivity index (χ3v) is 4.38. The fourth-order valence-corrected chi connectivity index (χ4v) is 2.59. The van der Waals surface area contributed by atoms with Crippen LogP contribution in [0.2, 0.25) is 0 Å². The molecule has 2 rings (SSSR count). The van der Waals surface area contributed by atoms with E-state index in [0.29, 0.717) is 11.3 Å². The van der Waals surface area contributed by atoms with Gasteiger partial charge in [-0.1, -0.05) is 12.1 Å². The van der Waals surface area contributed by atoms with Crippen LogP contribution in [0, 0.1) is 29.1 Å². The van der Waals surface area contributed by atoms with Crippen LogP contribution in [0.4, 0.5) is 22.0 Å². The van der Waals surface area contributed by atoms with Gasteiger partial charge in [-0.25, -0.2) is 22.0 Å². The van der Waals surface area contributed by atoms with Crippen LogP contribution in [-0.4, -0.2) is 26.9 Å². The van der Waals surface area contributed by atoms with Crippen molar-refractivity contribution in [1.29, 1.82) is 0 Å². The van der Waals surface area contributed by atoms with Crippen LogP contribution in [0.15, 0.2) is 24.3 Å². The number of ether oxygens (including phenoxy) is 2. The smallest absolute Gasteiger partial charge is 0.264 e. The number of benzene rings is 2. The van der Waals surface area contributed by atoms with E-state index in [0.717, 1.165) is 6.26 Å². The lowest BCUT2D eigenvalue weighted by Gasteiger charge is -2.26. The van der Waals surface area contributed by atoms with Crippen molar-refractivity contribution in [2.24, 2.45) is 0 Å². The molecule has 0 radical (unpaired) electrons. The second-order valence-corrected chi connectivity index (χ2v) is 8.64. The molecule has 0 bridgehead atoms. The van der Waals surface area contributed by atoms with Crippen LogP contribution in [0.25, 0.3) is 0 Å². The van der Waals surface area contributed by atoms with Crippen molar-refractivity contribution in [3.05, 3.63) is 64.5 Å². The molecule has 0 aliphatic rings. The van der Waals surface area contributed by atoms with Gasteiger partial charge < -0.3 is 9.47 Å². The lowest BCUT2D eigenvalue weighted by Crippen LogP contribution is -2.32. The summed E-state index contributed by atoms with van der Waals surface area (Å²) in [4.78, 5) is 0. The third kappa shape index (κ3) is 6.38. The Morgan fingerprint density at radius 1 is 0.900 bits per heavy atom. The fourth-order valence-electron chi connectivity index (χ4n) is 2.24. The monoisotopic (exact) mass is 454 g/mol. The Hall–Kier alpha value is -2.24. The molecular formula is C19H19F5O5S. The maximum atomic E-state index is 13.7. The topological polar surface area (TPSA) is 61.8 Å². The molecule has 166 valence electrons. The van der Waals surface area contributed by atoms with Crippen LogP contribution in [0.5, 0.6) is 5.75 Å². The molecule has 2 aromatic carbocycles. The maximum Gasteiger partial charge on any atom is 0.264 e. The van der Waals surface area contributed by atoms with Gasteiger partial charge in [-0.15, -0.1) is 0 Å². The summed E-state index contributed by atoms with van der Waals surface area (Å²) in [5.74, 6) is -9.92. The molecule has 0 fully saturated rings. The van der Waals surface area contributed by atoms with Gasteiger partial charge in [-0.05, 0) is 31.5 Å². The van der Waals surface area contributed by atoms with E-state index in [-0.39, 0.29) is 13.2 Å². The van der Waals surface area contributed by atoms with E-state index in [1.165, 1.54) is 19.9 Å². The van der Waals surface area contributed by atoms with Crippen LogP contribution >= 0.6 is 0 Å². The molecule has 2 aromatic rings. The van der Waals surface area contributed by atoms with Crippen molar-refractivity contribution < 1.29 is 44.0 Å². The number of hydrogen-bond donors (Lipinski definition) is 0. The summed E-state index contributed by atoms with van der Waals surface area (Å²) in [6.45, 7) is 1.78. The highest BCUT2D eigenvalue weighted by Gasteiger charge is 2.28. The predicted octanol–water partition coefficient (Wildman–Crippen LogP) is 4.23. The highest BCUT2D eigenvalue weighted by molar-refractivity contribution is 7.85. The van der Waals surface area contributed by atoms with E-state index in [1.54, 1.807) is 18.2 Å². The predicted molar refractivity (Wildman–Crippen MR) is 96.7 cm³/mol. The fraction of sp³-hybridized carbons (Fsp3) is 0.368. The van der Waals surface area contributed by atoms with Gasteiger partial charge in [0.1, 0.15) is 12.4 Å². The highest BCUT2D eigenvalue weighted by atomic mass is 32.2. The maximum absolute atomic E-state index is 13.7. The number of hydrogen-bond acceptors (Lipinski definition) is 5. The molecule has 0 saturated carbocycles. The first-order valence-corrected chi connectivity index (χ1v) is 10.3. The minimum atomic E-state index is -3.62. The van der Waals surface area contributed by atoms with Crippen molar-refractivity contribution in [3.8, 4) is 5.75 Å². The van der Waals surface area contributed by atoms with Gasteiger partial charge in [0.2, 0.25) is 5.82 Å². The van der Waals surface area contributed by atoms with E-state index < -0.39 is 57.0 Å². The Bertz CT molecular complexity index is 995. The Morgan fingerprint density at radius 2 is 1.47 bits per heavy atom. The first kappa shape index (κ1) is 24.0. The normalized spacial score (nSPS) is 12.3. The van der Waals surface area contributed by atoms with Crippen molar-refractivity contribution in [1.82, 2.24) is 0 Å². The second kappa shape index (κ2) is 9.27.